The fourth-order valence-corrected chi connectivity index (χ4v) is 1.62. The van der Waals surface area contributed by atoms with Crippen molar-refractivity contribution < 1.29 is 4.39 Å². The van der Waals surface area contributed by atoms with Gasteiger partial charge in [0.05, 0.1) is 0 Å². The van der Waals surface area contributed by atoms with Gasteiger partial charge in [-0.1, -0.05) is 20.8 Å². The summed E-state index contributed by atoms with van der Waals surface area (Å²) in [7, 11) is 0. The van der Waals surface area contributed by atoms with Crippen molar-refractivity contribution in [3.8, 4) is 0 Å². The largest absolute Gasteiger partial charge is 0.300 e. The van der Waals surface area contributed by atoms with Gasteiger partial charge >= 0.3 is 0 Å². The van der Waals surface area contributed by atoms with Crippen LogP contribution in [0.15, 0.2) is 0 Å². The maximum absolute atomic E-state index is 13.0. The van der Waals surface area contributed by atoms with Crippen LogP contribution in [0.2, 0.25) is 0 Å². The topological polar surface area (TPSA) is 3.24 Å². The molecule has 0 spiro atoms. The molecular formula is C11H24FN. The Morgan fingerprint density at radius 3 is 2.23 bits per heavy atom. The van der Waals surface area contributed by atoms with Crippen LogP contribution >= 0.6 is 0 Å². The molecule has 1 heterocycles. The average Bonchev–Trinajstić information content (AvgIpc) is 2.13. The summed E-state index contributed by atoms with van der Waals surface area (Å²) in [6.45, 7) is 12.2. The van der Waals surface area contributed by atoms with Gasteiger partial charge in [-0.3, -0.25) is 0 Å². The second-order valence-corrected chi connectivity index (χ2v) is 3.87. The van der Waals surface area contributed by atoms with Crippen LogP contribution in [0.3, 0.4) is 0 Å². The lowest BCUT2D eigenvalue weighted by molar-refractivity contribution is 0.0773. The van der Waals surface area contributed by atoms with E-state index in [1.807, 2.05) is 20.8 Å². The van der Waals surface area contributed by atoms with Crippen molar-refractivity contribution in [1.29, 1.82) is 0 Å². The molecule has 0 unspecified atom stereocenters. The van der Waals surface area contributed by atoms with Gasteiger partial charge in [0.15, 0.2) is 0 Å². The Kier molecular flexibility index (Phi) is 6.31. The summed E-state index contributed by atoms with van der Waals surface area (Å²) in [6, 6.07) is 0.574. The van der Waals surface area contributed by atoms with Crippen LogP contribution in [-0.4, -0.2) is 30.2 Å². The minimum Gasteiger partial charge on any atom is -0.300 e. The molecular weight excluding hydrogens is 165 g/mol. The number of likely N-dealkylation sites (tertiary alicyclic amines) is 1. The zero-order valence-electron chi connectivity index (χ0n) is 9.68. The van der Waals surface area contributed by atoms with Gasteiger partial charge in [0.2, 0.25) is 0 Å². The van der Waals surface area contributed by atoms with Crippen LogP contribution in [0.25, 0.3) is 0 Å². The summed E-state index contributed by atoms with van der Waals surface area (Å²) < 4.78 is 13.0. The molecule has 80 valence electrons. The van der Waals surface area contributed by atoms with E-state index in [9.17, 15) is 4.39 Å². The van der Waals surface area contributed by atoms with Crippen molar-refractivity contribution in [1.82, 2.24) is 4.90 Å². The third-order valence-electron chi connectivity index (χ3n) is 2.56. The Morgan fingerprint density at radius 1 is 1.31 bits per heavy atom. The van der Waals surface area contributed by atoms with Crippen molar-refractivity contribution >= 4 is 0 Å². The van der Waals surface area contributed by atoms with Crippen molar-refractivity contribution in [2.45, 2.75) is 53.3 Å². The lowest BCUT2D eigenvalue weighted by Crippen LogP contribution is -2.43. The van der Waals surface area contributed by atoms with E-state index < -0.39 is 6.17 Å². The molecule has 2 atom stereocenters. The third kappa shape index (κ3) is 4.08. The lowest BCUT2D eigenvalue weighted by Gasteiger charge is -2.35. The van der Waals surface area contributed by atoms with Crippen LogP contribution in [0, 0.1) is 5.92 Å². The highest BCUT2D eigenvalue weighted by molar-refractivity contribution is 4.78. The predicted molar refractivity (Wildman–Crippen MR) is 56.7 cm³/mol. The van der Waals surface area contributed by atoms with E-state index in [2.05, 4.69) is 18.7 Å². The molecule has 1 saturated heterocycles. The summed E-state index contributed by atoms with van der Waals surface area (Å²) in [6.07, 6.45) is 0.157. The van der Waals surface area contributed by atoms with Crippen LogP contribution < -0.4 is 0 Å². The molecule has 0 bridgehead atoms. The van der Waals surface area contributed by atoms with Crippen molar-refractivity contribution in [2.24, 2.45) is 5.92 Å². The maximum atomic E-state index is 13.0. The molecule has 1 nitrogen and oxygen atoms in total. The summed E-state index contributed by atoms with van der Waals surface area (Å²) in [5.41, 5.74) is 0. The van der Waals surface area contributed by atoms with Crippen molar-refractivity contribution in [3.05, 3.63) is 0 Å². The van der Waals surface area contributed by atoms with E-state index in [-0.39, 0.29) is 5.92 Å². The molecule has 1 fully saturated rings. The minimum atomic E-state index is -0.565. The Bertz CT molecular complexity index is 125. The molecule has 0 N–H and O–H groups in total. The molecule has 1 aliphatic rings. The van der Waals surface area contributed by atoms with Gasteiger partial charge < -0.3 is 4.90 Å². The number of alkyl halides is 1. The number of nitrogens with zero attached hydrogens (tertiary/aromatic N) is 1. The number of rotatable bonds is 1. The van der Waals surface area contributed by atoms with Gasteiger partial charge in [-0.25, -0.2) is 4.39 Å². The predicted octanol–water partition coefficient (Wildman–Crippen LogP) is 3.10. The number of halogens is 1. The highest BCUT2D eigenvalue weighted by atomic mass is 19.1. The molecule has 13 heavy (non-hydrogen) atoms. The Labute approximate surface area is 82.3 Å². The van der Waals surface area contributed by atoms with Crippen molar-refractivity contribution in [3.63, 3.8) is 0 Å². The average molecular weight is 189 g/mol. The first kappa shape index (κ1) is 12.9. The normalized spacial score (nSPS) is 29.8. The Morgan fingerprint density at radius 2 is 1.85 bits per heavy atom. The SMILES string of the molecule is CC.CC(C)N1CC[C@@H](F)[C@H](C)C1. The number of hydrogen-bond donors (Lipinski definition) is 0. The van der Waals surface area contributed by atoms with Gasteiger partial charge in [-0.2, -0.15) is 0 Å². The smallest absolute Gasteiger partial charge is 0.105 e. The van der Waals surface area contributed by atoms with E-state index in [0.717, 1.165) is 19.5 Å². The van der Waals surface area contributed by atoms with Crippen LogP contribution in [0.5, 0.6) is 0 Å². The van der Waals surface area contributed by atoms with Gasteiger partial charge in [0.25, 0.3) is 0 Å². The molecule has 1 aliphatic heterocycles. The van der Waals surface area contributed by atoms with E-state index >= 15 is 0 Å². The second-order valence-electron chi connectivity index (χ2n) is 3.87. The first-order valence-electron chi connectivity index (χ1n) is 5.49. The fourth-order valence-electron chi connectivity index (χ4n) is 1.62. The fraction of sp³-hybridized carbons (Fsp3) is 1.00. The monoisotopic (exact) mass is 189 g/mol. The Balaban J connectivity index is 0.000000671. The van der Waals surface area contributed by atoms with Crippen LogP contribution in [0.1, 0.15) is 41.0 Å². The molecule has 0 aliphatic carbocycles. The summed E-state index contributed by atoms with van der Waals surface area (Å²) in [4.78, 5) is 2.35. The third-order valence-corrected chi connectivity index (χ3v) is 2.56. The molecule has 0 radical (unpaired) electrons. The molecule has 0 aromatic heterocycles. The highest BCUT2D eigenvalue weighted by Gasteiger charge is 2.26. The molecule has 0 amide bonds. The zero-order valence-corrected chi connectivity index (χ0v) is 9.68. The van der Waals surface area contributed by atoms with Gasteiger partial charge in [0, 0.05) is 25.0 Å². The Hall–Kier alpha value is -0.110. The highest BCUT2D eigenvalue weighted by Crippen LogP contribution is 2.20. The summed E-state index contributed by atoms with van der Waals surface area (Å²) in [5.74, 6) is 0.228. The quantitative estimate of drug-likeness (QED) is 0.612. The maximum Gasteiger partial charge on any atom is 0.105 e. The second kappa shape index (κ2) is 6.36. The number of piperidine rings is 1. The first-order valence-corrected chi connectivity index (χ1v) is 5.49. The zero-order chi connectivity index (χ0) is 10.4. The molecule has 0 aromatic rings. The van der Waals surface area contributed by atoms with Crippen LogP contribution in [0.4, 0.5) is 4.39 Å². The summed E-state index contributed by atoms with van der Waals surface area (Å²) in [5, 5.41) is 0. The first-order chi connectivity index (χ1) is 6.11. The summed E-state index contributed by atoms with van der Waals surface area (Å²) >= 11 is 0. The molecule has 1 rings (SSSR count). The minimum absolute atomic E-state index is 0.228. The molecule has 0 aromatic carbocycles. The number of hydrogen-bond acceptors (Lipinski definition) is 1. The van der Waals surface area contributed by atoms with Gasteiger partial charge in [-0.15, -0.1) is 0 Å². The van der Waals surface area contributed by atoms with E-state index in [4.69, 9.17) is 0 Å². The molecule has 0 saturated carbocycles. The van der Waals surface area contributed by atoms with Gasteiger partial charge in [-0.05, 0) is 20.3 Å². The van der Waals surface area contributed by atoms with Gasteiger partial charge in [0.1, 0.15) is 6.17 Å². The van der Waals surface area contributed by atoms with Crippen molar-refractivity contribution in [2.75, 3.05) is 13.1 Å². The standard InChI is InChI=1S/C9H18FN.C2H6/c1-7(2)11-5-4-9(10)8(3)6-11;1-2/h7-9H,4-6H2,1-3H3;1-2H3/t8-,9-;/m1./s1. The van der Waals surface area contributed by atoms with E-state index in [0.29, 0.717) is 6.04 Å². The van der Waals surface area contributed by atoms with E-state index in [1.165, 1.54) is 0 Å². The lowest BCUT2D eigenvalue weighted by atomic mass is 9.97. The van der Waals surface area contributed by atoms with E-state index in [1.54, 1.807) is 0 Å². The molecule has 2 heteroatoms. The van der Waals surface area contributed by atoms with Crippen LogP contribution in [-0.2, 0) is 0 Å².